The first-order chi connectivity index (χ1) is 18.5. The predicted octanol–water partition coefficient (Wildman–Crippen LogP) is 6.16. The maximum atomic E-state index is 14.0. The number of alkyl halides is 3. The molecule has 1 saturated heterocycles. The number of rotatable bonds is 5. The third kappa shape index (κ3) is 5.38. The Morgan fingerprint density at radius 2 is 1.82 bits per heavy atom. The van der Waals surface area contributed by atoms with Crippen LogP contribution in [-0.4, -0.2) is 52.6 Å². The molecular weight excluding hydrogens is 509 g/mol. The van der Waals surface area contributed by atoms with Gasteiger partial charge in [-0.2, -0.15) is 13.2 Å². The van der Waals surface area contributed by atoms with E-state index in [0.717, 1.165) is 56.5 Å². The van der Waals surface area contributed by atoms with E-state index in [9.17, 15) is 27.9 Å². The molecule has 1 saturated carbocycles. The van der Waals surface area contributed by atoms with Gasteiger partial charge in [0.2, 0.25) is 5.91 Å². The smallest absolute Gasteiger partial charge is 0.416 e. The first kappa shape index (κ1) is 27.5. The molecule has 39 heavy (non-hydrogen) atoms. The molecule has 210 valence electrons. The van der Waals surface area contributed by atoms with Crippen LogP contribution in [0.15, 0.2) is 42.5 Å². The van der Waals surface area contributed by atoms with E-state index in [0.29, 0.717) is 29.2 Å². The summed E-state index contributed by atoms with van der Waals surface area (Å²) in [7, 11) is 0. The third-order valence-electron chi connectivity index (χ3n) is 9.12. The highest BCUT2D eigenvalue weighted by atomic mass is 19.4. The minimum atomic E-state index is -4.45. The number of ether oxygens (including phenoxy) is 1. The number of aromatic carboxylic acids is 1. The first-order valence-corrected chi connectivity index (χ1v) is 13.7. The number of halogens is 3. The Labute approximate surface area is 226 Å². The van der Waals surface area contributed by atoms with Gasteiger partial charge in [-0.1, -0.05) is 26.0 Å². The summed E-state index contributed by atoms with van der Waals surface area (Å²) < 4.78 is 45.5. The Morgan fingerprint density at radius 1 is 1.08 bits per heavy atom. The molecule has 3 aliphatic rings. The minimum Gasteiger partial charge on any atom is -0.478 e. The number of carbonyl (C=O) groups excluding carboxylic acids is 1. The van der Waals surface area contributed by atoms with Crippen LogP contribution in [0, 0.1) is 11.3 Å². The second kappa shape index (κ2) is 10.5. The molecule has 0 unspecified atom stereocenters. The summed E-state index contributed by atoms with van der Waals surface area (Å²) in [6.45, 7) is 6.03. The molecule has 5 rings (SSSR count). The largest absolute Gasteiger partial charge is 0.478 e. The summed E-state index contributed by atoms with van der Waals surface area (Å²) in [5.41, 5.74) is 0.431. The van der Waals surface area contributed by atoms with Crippen molar-refractivity contribution in [2.24, 2.45) is 11.3 Å². The number of benzene rings is 2. The average molecular weight is 545 g/mol. The Kier molecular flexibility index (Phi) is 7.39. The zero-order valence-corrected chi connectivity index (χ0v) is 22.3. The molecule has 0 aromatic heterocycles. The number of carboxylic acids is 1. The number of likely N-dealkylation sites (tertiary alicyclic amines) is 1. The molecule has 2 aliphatic heterocycles. The molecule has 0 bridgehead atoms. The van der Waals surface area contributed by atoms with Crippen LogP contribution in [0.1, 0.15) is 78.9 Å². The zero-order valence-electron chi connectivity index (χ0n) is 22.3. The van der Waals surface area contributed by atoms with Gasteiger partial charge in [0, 0.05) is 11.6 Å². The van der Waals surface area contributed by atoms with Crippen LogP contribution in [0.2, 0.25) is 0 Å². The molecule has 9 heteroatoms. The third-order valence-corrected chi connectivity index (χ3v) is 9.12. The number of piperidine rings is 1. The standard InChI is InChI=1S/C30H35F3N2O4/c1-19(2)29(28(38)35-17-23-15-24(30(31,32)33)6-7-26(23)39-18-35)11-8-25(16-29)34-12-9-20(10-13-34)21-4-3-5-22(14-21)27(36)37/h3-7,14-15,19-20,25H,8-13,16-18H2,1-2H3,(H,36,37)/t25-,29+/m1/s1. The van der Waals surface area contributed by atoms with Crippen molar-refractivity contribution < 1.29 is 32.6 Å². The zero-order chi connectivity index (χ0) is 27.9. The molecule has 1 N–H and O–H groups in total. The van der Waals surface area contributed by atoms with Gasteiger partial charge in [-0.3, -0.25) is 4.79 Å². The van der Waals surface area contributed by atoms with Crippen molar-refractivity contribution in [1.82, 2.24) is 9.80 Å². The predicted molar refractivity (Wildman–Crippen MR) is 139 cm³/mol. The summed E-state index contributed by atoms with van der Waals surface area (Å²) in [5.74, 6) is -0.173. The minimum absolute atomic E-state index is 0.0385. The molecule has 2 aromatic carbocycles. The van der Waals surface area contributed by atoms with Gasteiger partial charge in [-0.25, -0.2) is 4.79 Å². The molecular formula is C30H35F3N2O4. The number of fused-ring (bicyclic) bond motifs is 1. The fraction of sp³-hybridized carbons (Fsp3) is 0.533. The Bertz CT molecular complexity index is 1240. The molecule has 0 radical (unpaired) electrons. The van der Waals surface area contributed by atoms with Gasteiger partial charge in [-0.05, 0) is 92.9 Å². The summed E-state index contributed by atoms with van der Waals surface area (Å²) >= 11 is 0. The second-order valence-electron chi connectivity index (χ2n) is 11.5. The molecule has 2 fully saturated rings. The molecule has 0 spiro atoms. The van der Waals surface area contributed by atoms with Crippen LogP contribution in [-0.2, 0) is 17.5 Å². The maximum Gasteiger partial charge on any atom is 0.416 e. The topological polar surface area (TPSA) is 70.1 Å². The van der Waals surface area contributed by atoms with E-state index in [2.05, 4.69) is 18.7 Å². The van der Waals surface area contributed by atoms with Crippen LogP contribution < -0.4 is 4.74 Å². The monoisotopic (exact) mass is 544 g/mol. The van der Waals surface area contributed by atoms with Crippen molar-refractivity contribution in [3.05, 3.63) is 64.7 Å². The Morgan fingerprint density at radius 3 is 2.49 bits per heavy atom. The van der Waals surface area contributed by atoms with Gasteiger partial charge in [0.05, 0.1) is 23.1 Å². The van der Waals surface area contributed by atoms with Gasteiger partial charge in [0.1, 0.15) is 5.75 Å². The van der Waals surface area contributed by atoms with Crippen molar-refractivity contribution >= 4 is 11.9 Å². The average Bonchev–Trinajstić information content (AvgIpc) is 3.39. The quantitative estimate of drug-likeness (QED) is 0.489. The molecule has 1 aliphatic carbocycles. The van der Waals surface area contributed by atoms with Crippen LogP contribution in [0.5, 0.6) is 5.75 Å². The van der Waals surface area contributed by atoms with Crippen molar-refractivity contribution in [3.63, 3.8) is 0 Å². The Balaban J connectivity index is 1.25. The van der Waals surface area contributed by atoms with Crippen LogP contribution in [0.4, 0.5) is 13.2 Å². The van der Waals surface area contributed by atoms with E-state index < -0.39 is 23.1 Å². The van der Waals surface area contributed by atoms with Crippen LogP contribution in [0.3, 0.4) is 0 Å². The van der Waals surface area contributed by atoms with Crippen molar-refractivity contribution in [2.75, 3.05) is 19.8 Å². The number of carbonyl (C=O) groups is 2. The Hall–Kier alpha value is -3.07. The fourth-order valence-corrected chi connectivity index (χ4v) is 6.71. The van der Waals surface area contributed by atoms with E-state index in [1.54, 1.807) is 23.1 Å². The normalized spacial score (nSPS) is 24.5. The van der Waals surface area contributed by atoms with E-state index in [1.165, 1.54) is 6.07 Å². The number of amides is 1. The lowest BCUT2D eigenvalue weighted by molar-refractivity contribution is -0.150. The molecule has 1 amide bonds. The lowest BCUT2D eigenvalue weighted by atomic mass is 9.74. The maximum absolute atomic E-state index is 14.0. The SMILES string of the molecule is CC(C)[C@]1(C(=O)N2COc3ccc(C(F)(F)F)cc3C2)CC[C@@H](N2CCC(c3cccc(C(=O)O)c3)CC2)C1. The summed E-state index contributed by atoms with van der Waals surface area (Å²) in [5, 5.41) is 9.33. The van der Waals surface area contributed by atoms with Gasteiger partial charge >= 0.3 is 12.1 Å². The fourth-order valence-electron chi connectivity index (χ4n) is 6.71. The van der Waals surface area contributed by atoms with Gasteiger partial charge < -0.3 is 19.6 Å². The van der Waals surface area contributed by atoms with Gasteiger partial charge in [0.25, 0.3) is 0 Å². The highest BCUT2D eigenvalue weighted by molar-refractivity contribution is 5.87. The molecule has 2 atom stereocenters. The first-order valence-electron chi connectivity index (χ1n) is 13.7. The van der Waals surface area contributed by atoms with Crippen LogP contribution in [0.25, 0.3) is 0 Å². The molecule has 2 aromatic rings. The number of carboxylic acid groups (broad SMARTS) is 1. The van der Waals surface area contributed by atoms with Crippen LogP contribution >= 0.6 is 0 Å². The highest BCUT2D eigenvalue weighted by Gasteiger charge is 2.51. The summed E-state index contributed by atoms with van der Waals surface area (Å²) in [6, 6.07) is 10.9. The summed E-state index contributed by atoms with van der Waals surface area (Å²) in [6.07, 6.45) is -0.242. The number of hydrogen-bond donors (Lipinski definition) is 1. The van der Waals surface area contributed by atoms with E-state index in [-0.39, 0.29) is 31.1 Å². The highest BCUT2D eigenvalue weighted by Crippen LogP contribution is 2.49. The van der Waals surface area contributed by atoms with Crippen molar-refractivity contribution in [1.29, 1.82) is 0 Å². The van der Waals surface area contributed by atoms with Gasteiger partial charge in [0.15, 0.2) is 6.73 Å². The molecule has 6 nitrogen and oxygen atoms in total. The lowest BCUT2D eigenvalue weighted by Gasteiger charge is -2.41. The number of nitrogens with zero attached hydrogens (tertiary/aromatic N) is 2. The van der Waals surface area contributed by atoms with E-state index >= 15 is 0 Å². The van der Waals surface area contributed by atoms with Crippen molar-refractivity contribution in [2.45, 2.75) is 70.6 Å². The second-order valence-corrected chi connectivity index (χ2v) is 11.5. The molecule has 2 heterocycles. The number of hydrogen-bond acceptors (Lipinski definition) is 4. The van der Waals surface area contributed by atoms with Crippen molar-refractivity contribution in [3.8, 4) is 5.75 Å². The summed E-state index contributed by atoms with van der Waals surface area (Å²) in [4.78, 5) is 29.4. The van der Waals surface area contributed by atoms with E-state index in [1.807, 2.05) is 6.07 Å². The lowest BCUT2D eigenvalue weighted by Crippen LogP contribution is -2.49. The van der Waals surface area contributed by atoms with Gasteiger partial charge in [-0.15, -0.1) is 0 Å². The van der Waals surface area contributed by atoms with E-state index in [4.69, 9.17) is 4.74 Å².